The van der Waals surface area contributed by atoms with Crippen LogP contribution in [-0.2, 0) is 4.79 Å². The summed E-state index contributed by atoms with van der Waals surface area (Å²) in [4.78, 5) is 10.8. The molecule has 0 aromatic rings. The van der Waals surface area contributed by atoms with Crippen LogP contribution in [0.5, 0.6) is 0 Å². The molecule has 1 N–H and O–H groups in total. The lowest BCUT2D eigenvalue weighted by molar-refractivity contribution is -0.143. The van der Waals surface area contributed by atoms with E-state index < -0.39 is 12.0 Å². The van der Waals surface area contributed by atoms with E-state index in [1.54, 1.807) is 23.5 Å². The van der Waals surface area contributed by atoms with Crippen molar-refractivity contribution in [1.82, 2.24) is 10.0 Å². The van der Waals surface area contributed by atoms with Gasteiger partial charge in [0.2, 0.25) is 0 Å². The molecule has 0 aliphatic carbocycles. The Hall–Kier alpha value is -1.71. The fourth-order valence-corrected chi connectivity index (χ4v) is 1.42. The number of aliphatic carboxylic acids is 1. The maximum atomic E-state index is 10.8. The Bertz CT molecular complexity index is 307. The lowest BCUT2D eigenvalue weighted by Crippen LogP contribution is -2.40. The Kier molecular flexibility index (Phi) is 1.81. The van der Waals surface area contributed by atoms with E-state index in [1.807, 2.05) is 23.2 Å². The molecule has 0 saturated carbocycles. The number of carboxylic acid groups (broad SMARTS) is 1. The molecule has 0 saturated heterocycles. The van der Waals surface area contributed by atoms with Gasteiger partial charge in [0.05, 0.1) is 6.54 Å². The Morgan fingerprint density at radius 3 is 3.00 bits per heavy atom. The van der Waals surface area contributed by atoms with Crippen molar-refractivity contribution in [3.63, 3.8) is 0 Å². The van der Waals surface area contributed by atoms with Gasteiger partial charge in [-0.2, -0.15) is 0 Å². The highest BCUT2D eigenvalue weighted by atomic mass is 16.4. The molecule has 0 aromatic carbocycles. The molecule has 0 amide bonds. The molecule has 2 heterocycles. The third-order valence-electron chi connectivity index (χ3n) is 2.05. The predicted molar refractivity (Wildman–Crippen MR) is 47.4 cm³/mol. The second kappa shape index (κ2) is 2.97. The second-order valence-corrected chi connectivity index (χ2v) is 2.90. The van der Waals surface area contributed by atoms with Gasteiger partial charge in [0, 0.05) is 12.4 Å². The summed E-state index contributed by atoms with van der Waals surface area (Å²) in [5, 5.41) is 12.4. The van der Waals surface area contributed by atoms with E-state index in [-0.39, 0.29) is 0 Å². The maximum absolute atomic E-state index is 10.8. The number of rotatable bonds is 1. The molecule has 0 spiro atoms. The SMILES string of the molecule is O=C(O)C1C=CN2CC=CC=CN12. The number of fused-ring (bicyclic) bond motifs is 1. The first-order chi connectivity index (χ1) is 6.29. The van der Waals surface area contributed by atoms with Crippen molar-refractivity contribution < 1.29 is 9.90 Å². The number of hydrogen-bond acceptors (Lipinski definition) is 3. The predicted octanol–water partition coefficient (Wildman–Crippen LogP) is 0.569. The fraction of sp³-hybridized carbons (Fsp3) is 0.222. The molecular formula is C9H10N2O2. The zero-order chi connectivity index (χ0) is 9.26. The molecule has 13 heavy (non-hydrogen) atoms. The van der Waals surface area contributed by atoms with Gasteiger partial charge in [-0.15, -0.1) is 0 Å². The molecular weight excluding hydrogens is 168 g/mol. The van der Waals surface area contributed by atoms with Crippen molar-refractivity contribution in [1.29, 1.82) is 0 Å². The van der Waals surface area contributed by atoms with Crippen molar-refractivity contribution in [2.24, 2.45) is 0 Å². The van der Waals surface area contributed by atoms with Gasteiger partial charge in [-0.25, -0.2) is 4.79 Å². The van der Waals surface area contributed by atoms with E-state index in [2.05, 4.69) is 0 Å². The van der Waals surface area contributed by atoms with Crippen molar-refractivity contribution in [2.75, 3.05) is 6.54 Å². The summed E-state index contributed by atoms with van der Waals surface area (Å²) in [7, 11) is 0. The first kappa shape index (κ1) is 7.91. The van der Waals surface area contributed by atoms with Crippen LogP contribution in [-0.4, -0.2) is 33.7 Å². The Morgan fingerprint density at radius 1 is 1.38 bits per heavy atom. The van der Waals surface area contributed by atoms with Gasteiger partial charge >= 0.3 is 5.97 Å². The summed E-state index contributed by atoms with van der Waals surface area (Å²) in [5.41, 5.74) is 0. The third-order valence-corrected chi connectivity index (χ3v) is 2.05. The fourth-order valence-electron chi connectivity index (χ4n) is 1.42. The zero-order valence-corrected chi connectivity index (χ0v) is 7.00. The van der Waals surface area contributed by atoms with Crippen LogP contribution in [0, 0.1) is 0 Å². The Labute approximate surface area is 76.0 Å². The van der Waals surface area contributed by atoms with E-state index in [0.29, 0.717) is 6.54 Å². The van der Waals surface area contributed by atoms with E-state index in [0.717, 1.165) is 0 Å². The van der Waals surface area contributed by atoms with Crippen molar-refractivity contribution in [2.45, 2.75) is 6.04 Å². The van der Waals surface area contributed by atoms with Crippen LogP contribution in [0.3, 0.4) is 0 Å². The summed E-state index contributed by atoms with van der Waals surface area (Å²) in [6, 6.07) is -0.559. The molecule has 1 atom stereocenters. The van der Waals surface area contributed by atoms with Gasteiger partial charge in [-0.3, -0.25) is 10.0 Å². The topological polar surface area (TPSA) is 43.8 Å². The summed E-state index contributed by atoms with van der Waals surface area (Å²) >= 11 is 0. The minimum atomic E-state index is -0.828. The number of allylic oxidation sites excluding steroid dienone is 2. The average Bonchev–Trinajstić information content (AvgIpc) is 2.36. The molecule has 0 fully saturated rings. The number of hydrazine groups is 1. The van der Waals surface area contributed by atoms with E-state index in [4.69, 9.17) is 5.11 Å². The molecule has 4 nitrogen and oxygen atoms in total. The highest BCUT2D eigenvalue weighted by Crippen LogP contribution is 2.17. The standard InChI is InChI=1S/C9H10N2O2/c12-9(13)8-4-7-10-5-2-1-3-6-11(8)10/h1-4,6-8H,5H2,(H,12,13). The van der Waals surface area contributed by atoms with Crippen LogP contribution in [0.1, 0.15) is 0 Å². The first-order valence-electron chi connectivity index (χ1n) is 4.08. The summed E-state index contributed by atoms with van der Waals surface area (Å²) in [5.74, 6) is -0.828. The number of carboxylic acids is 1. The third kappa shape index (κ3) is 1.30. The molecule has 2 aliphatic heterocycles. The van der Waals surface area contributed by atoms with E-state index in [9.17, 15) is 4.79 Å². The molecule has 2 aliphatic rings. The van der Waals surface area contributed by atoms with Crippen LogP contribution >= 0.6 is 0 Å². The summed E-state index contributed by atoms with van der Waals surface area (Å²) in [6.45, 7) is 0.716. The van der Waals surface area contributed by atoms with Gasteiger partial charge in [0.1, 0.15) is 0 Å². The summed E-state index contributed by atoms with van der Waals surface area (Å²) < 4.78 is 0. The van der Waals surface area contributed by atoms with Gasteiger partial charge in [0.25, 0.3) is 0 Å². The molecule has 0 radical (unpaired) electrons. The quantitative estimate of drug-likeness (QED) is 0.637. The first-order valence-corrected chi connectivity index (χ1v) is 4.08. The Balaban J connectivity index is 2.22. The largest absolute Gasteiger partial charge is 0.479 e. The number of carbonyl (C=O) groups is 1. The Morgan fingerprint density at radius 2 is 2.23 bits per heavy atom. The lowest BCUT2D eigenvalue weighted by atomic mass is 10.3. The van der Waals surface area contributed by atoms with Crippen LogP contribution in [0.25, 0.3) is 0 Å². The van der Waals surface area contributed by atoms with Gasteiger partial charge in [0.15, 0.2) is 6.04 Å². The summed E-state index contributed by atoms with van der Waals surface area (Å²) in [6.07, 6.45) is 11.0. The second-order valence-electron chi connectivity index (χ2n) is 2.90. The van der Waals surface area contributed by atoms with Crippen LogP contribution in [0.4, 0.5) is 0 Å². The normalized spacial score (nSPS) is 24.8. The van der Waals surface area contributed by atoms with Crippen molar-refractivity contribution in [3.8, 4) is 0 Å². The monoisotopic (exact) mass is 178 g/mol. The lowest BCUT2D eigenvalue weighted by Gasteiger charge is -2.28. The van der Waals surface area contributed by atoms with Gasteiger partial charge in [-0.1, -0.05) is 12.2 Å². The maximum Gasteiger partial charge on any atom is 0.332 e. The van der Waals surface area contributed by atoms with Crippen LogP contribution in [0.2, 0.25) is 0 Å². The highest BCUT2D eigenvalue weighted by Gasteiger charge is 2.28. The van der Waals surface area contributed by atoms with Crippen LogP contribution in [0.15, 0.2) is 36.7 Å². The smallest absolute Gasteiger partial charge is 0.332 e. The minimum Gasteiger partial charge on any atom is -0.479 e. The molecule has 0 aromatic heterocycles. The molecule has 68 valence electrons. The van der Waals surface area contributed by atoms with Gasteiger partial charge < -0.3 is 5.11 Å². The molecule has 1 unspecified atom stereocenters. The van der Waals surface area contributed by atoms with Crippen LogP contribution < -0.4 is 0 Å². The molecule has 0 bridgehead atoms. The molecule has 2 rings (SSSR count). The van der Waals surface area contributed by atoms with E-state index in [1.165, 1.54) is 0 Å². The minimum absolute atomic E-state index is 0.559. The molecule has 4 heteroatoms. The van der Waals surface area contributed by atoms with Crippen molar-refractivity contribution >= 4 is 5.97 Å². The highest BCUT2D eigenvalue weighted by molar-refractivity contribution is 5.76. The van der Waals surface area contributed by atoms with Crippen molar-refractivity contribution in [3.05, 3.63) is 36.7 Å². The van der Waals surface area contributed by atoms with Gasteiger partial charge in [-0.05, 0) is 12.2 Å². The number of hydrogen-bond donors (Lipinski definition) is 1. The average molecular weight is 178 g/mol. The number of nitrogens with zero attached hydrogens (tertiary/aromatic N) is 2. The zero-order valence-electron chi connectivity index (χ0n) is 7.00. The van der Waals surface area contributed by atoms with E-state index >= 15 is 0 Å².